The van der Waals surface area contributed by atoms with E-state index < -0.39 is 24.7 Å². The minimum atomic E-state index is -4.60. The van der Waals surface area contributed by atoms with E-state index >= 15 is 0 Å². The molecule has 2 bridgehead atoms. The van der Waals surface area contributed by atoms with Gasteiger partial charge in [-0.2, -0.15) is 5.10 Å². The van der Waals surface area contributed by atoms with Crippen molar-refractivity contribution in [2.45, 2.75) is 81.1 Å². The van der Waals surface area contributed by atoms with Crippen LogP contribution in [0, 0.1) is 5.41 Å². The summed E-state index contributed by atoms with van der Waals surface area (Å²) in [6.07, 6.45) is 0.832. The first-order valence-corrected chi connectivity index (χ1v) is 11.9. The zero-order valence-electron chi connectivity index (χ0n) is 18.2. The third-order valence-electron chi connectivity index (χ3n) is 8.04. The van der Waals surface area contributed by atoms with E-state index in [0.29, 0.717) is 35.6 Å². The summed E-state index contributed by atoms with van der Waals surface area (Å²) in [6, 6.07) is 4.96. The molecule has 4 saturated carbocycles. The Morgan fingerprint density at radius 1 is 1.26 bits per heavy atom. The Morgan fingerprint density at radius 2 is 2.00 bits per heavy atom. The van der Waals surface area contributed by atoms with E-state index in [9.17, 15) is 23.1 Å². The molecule has 1 aromatic heterocycles. The number of nitrogens with zero attached hydrogens (tertiary/aromatic N) is 2. The van der Waals surface area contributed by atoms with Gasteiger partial charge in [-0.15, -0.1) is 13.2 Å². The molecular weight excluding hydrogens is 473 g/mol. The number of fused-ring (bicyclic) bond motifs is 1. The van der Waals surface area contributed by atoms with Gasteiger partial charge in [0.05, 0.1) is 24.4 Å². The third kappa shape index (κ3) is 3.72. The lowest BCUT2D eigenvalue weighted by molar-refractivity contribution is -0.353. The van der Waals surface area contributed by atoms with Gasteiger partial charge >= 0.3 is 6.36 Å². The summed E-state index contributed by atoms with van der Waals surface area (Å²) in [5.41, 5.74) is 1.69. The van der Waals surface area contributed by atoms with Crippen LogP contribution in [0.25, 0.3) is 0 Å². The Labute approximate surface area is 199 Å². The maximum Gasteiger partial charge on any atom is 0.522 e. The monoisotopic (exact) mass is 496 g/mol. The van der Waals surface area contributed by atoms with E-state index in [0.717, 1.165) is 24.8 Å². The second kappa shape index (κ2) is 7.45. The van der Waals surface area contributed by atoms with Gasteiger partial charge in [0.25, 0.3) is 0 Å². The summed E-state index contributed by atoms with van der Waals surface area (Å²) in [6.45, 7) is 0. The maximum absolute atomic E-state index is 13.0. The molecule has 34 heavy (non-hydrogen) atoms. The predicted molar refractivity (Wildman–Crippen MR) is 114 cm³/mol. The highest BCUT2D eigenvalue weighted by Crippen LogP contribution is 2.75. The Kier molecular flexibility index (Phi) is 4.90. The molecule has 7 rings (SSSR count). The van der Waals surface area contributed by atoms with Crippen molar-refractivity contribution in [3.05, 3.63) is 46.7 Å². The van der Waals surface area contributed by atoms with Crippen molar-refractivity contribution < 1.29 is 32.5 Å². The lowest BCUT2D eigenvalue weighted by atomic mass is 9.32. The van der Waals surface area contributed by atoms with Crippen LogP contribution in [0.5, 0.6) is 5.75 Å². The van der Waals surface area contributed by atoms with Crippen molar-refractivity contribution in [3.8, 4) is 5.75 Å². The van der Waals surface area contributed by atoms with E-state index in [1.807, 2.05) is 12.4 Å². The van der Waals surface area contributed by atoms with E-state index in [-0.39, 0.29) is 29.1 Å². The number of carbonyl (C=O) groups excluding carboxylic acids is 1. The first kappa shape index (κ1) is 22.4. The van der Waals surface area contributed by atoms with Gasteiger partial charge in [-0.25, -0.2) is 0 Å². The first-order chi connectivity index (χ1) is 16.0. The average Bonchev–Trinajstić information content (AvgIpc) is 3.14. The summed E-state index contributed by atoms with van der Waals surface area (Å²) >= 11 is 6.00. The fourth-order valence-electron chi connectivity index (χ4n) is 6.44. The van der Waals surface area contributed by atoms with Gasteiger partial charge < -0.3 is 9.84 Å². The number of aliphatic hydroxyl groups excluding tert-OH is 1. The number of ether oxygens (including phenoxy) is 2. The molecule has 0 amide bonds. The van der Waals surface area contributed by atoms with Crippen LogP contribution in [-0.2, 0) is 14.9 Å². The number of hydrogen-bond donors (Lipinski definition) is 1. The molecule has 182 valence electrons. The lowest BCUT2D eigenvalue weighted by Crippen LogP contribution is -2.65. The first-order valence-electron chi connectivity index (χ1n) is 11.5. The average molecular weight is 497 g/mol. The normalized spacial score (nSPS) is 35.9. The van der Waals surface area contributed by atoms with Gasteiger partial charge in [0.1, 0.15) is 5.75 Å². The van der Waals surface area contributed by atoms with Crippen LogP contribution in [0.2, 0.25) is 5.02 Å². The minimum absolute atomic E-state index is 0.00817. The van der Waals surface area contributed by atoms with Gasteiger partial charge in [0, 0.05) is 35.0 Å². The molecular formula is C24H24ClF3N2O4. The maximum atomic E-state index is 13.0. The van der Waals surface area contributed by atoms with Gasteiger partial charge in [0.2, 0.25) is 0 Å². The highest BCUT2D eigenvalue weighted by Gasteiger charge is 2.69. The minimum Gasteiger partial charge on any atom is -0.482 e. The highest BCUT2D eigenvalue weighted by atomic mass is 35.5. The van der Waals surface area contributed by atoms with Gasteiger partial charge in [-0.1, -0.05) is 11.6 Å². The van der Waals surface area contributed by atoms with Crippen molar-refractivity contribution >= 4 is 17.4 Å². The molecule has 4 fully saturated rings. The Bertz CT molecular complexity index is 1120. The number of rotatable bonds is 6. The molecule has 2 atom stereocenters. The lowest BCUT2D eigenvalue weighted by Gasteiger charge is -2.71. The van der Waals surface area contributed by atoms with Gasteiger partial charge in [-0.3, -0.25) is 14.2 Å². The molecule has 1 N–H and O–H groups in total. The van der Waals surface area contributed by atoms with Crippen LogP contribution in [0.3, 0.4) is 0 Å². The van der Waals surface area contributed by atoms with Gasteiger partial charge in [0.15, 0.2) is 11.9 Å². The number of Topliss-reactive ketones (excluding diaryl/α,β-unsaturated/α-hetero) is 1. The summed E-state index contributed by atoms with van der Waals surface area (Å²) in [4.78, 5) is 13.0. The fourth-order valence-corrected chi connectivity index (χ4v) is 6.62. The number of alkyl halides is 3. The van der Waals surface area contributed by atoms with Crippen LogP contribution >= 0.6 is 11.6 Å². The summed E-state index contributed by atoms with van der Waals surface area (Å²) in [5.74, 6) is 0.510. The smallest absolute Gasteiger partial charge is 0.482 e. The Morgan fingerprint density at radius 3 is 2.71 bits per heavy atom. The third-order valence-corrected chi connectivity index (χ3v) is 8.28. The number of carbonyl (C=O) groups is 1. The molecule has 2 heterocycles. The number of benzene rings is 1. The quantitative estimate of drug-likeness (QED) is 0.606. The summed E-state index contributed by atoms with van der Waals surface area (Å²) in [7, 11) is 0. The molecule has 5 aliphatic rings. The standard InChI is InChI=1S/C24H24ClF3N2O4/c25-14-1-2-20-17(3-14)18(31)6-21(33-20)19(32)7-22-10-23(11-22,12-22)13-8-29-30(9-13)15-4-16(5-15)34-24(26,27)28/h1-3,8-9,15-16,18,21,31H,4-7,10-12H2/t15?,16?,18-,21-,22?,23?/m1/s1. The second-order valence-corrected chi connectivity index (χ2v) is 11.0. The van der Waals surface area contributed by atoms with Crippen LogP contribution in [0.4, 0.5) is 13.2 Å². The molecule has 1 aliphatic heterocycles. The van der Waals surface area contributed by atoms with Gasteiger partial charge in [-0.05, 0) is 61.3 Å². The van der Waals surface area contributed by atoms with Crippen molar-refractivity contribution in [2.24, 2.45) is 5.41 Å². The molecule has 0 unspecified atom stereocenters. The number of ketones is 1. The largest absolute Gasteiger partial charge is 0.522 e. The number of hydrogen-bond acceptors (Lipinski definition) is 5. The number of halogens is 4. The molecule has 2 aromatic rings. The Hall–Kier alpha value is -2.10. The predicted octanol–water partition coefficient (Wildman–Crippen LogP) is 5.04. The molecule has 0 spiro atoms. The van der Waals surface area contributed by atoms with Crippen LogP contribution in [0.15, 0.2) is 30.6 Å². The summed E-state index contributed by atoms with van der Waals surface area (Å²) < 4.78 is 48.7. The van der Waals surface area contributed by atoms with Crippen LogP contribution in [-0.4, -0.2) is 39.2 Å². The zero-order chi connectivity index (χ0) is 23.9. The molecule has 0 saturated heterocycles. The topological polar surface area (TPSA) is 73.6 Å². The zero-order valence-corrected chi connectivity index (χ0v) is 19.0. The molecule has 1 aromatic carbocycles. The van der Waals surface area contributed by atoms with Crippen molar-refractivity contribution in [1.82, 2.24) is 9.78 Å². The molecule has 10 heteroatoms. The van der Waals surface area contributed by atoms with Crippen molar-refractivity contribution in [1.29, 1.82) is 0 Å². The van der Waals surface area contributed by atoms with E-state index in [4.69, 9.17) is 16.3 Å². The summed E-state index contributed by atoms with van der Waals surface area (Å²) in [5, 5.41) is 15.4. The van der Waals surface area contributed by atoms with E-state index in [2.05, 4.69) is 9.84 Å². The molecule has 4 aliphatic carbocycles. The Balaban J connectivity index is 1.03. The van der Waals surface area contributed by atoms with Crippen molar-refractivity contribution in [3.63, 3.8) is 0 Å². The number of aliphatic hydroxyl groups is 1. The van der Waals surface area contributed by atoms with E-state index in [1.165, 1.54) is 0 Å². The van der Waals surface area contributed by atoms with E-state index in [1.54, 1.807) is 22.9 Å². The molecule has 6 nitrogen and oxygen atoms in total. The van der Waals surface area contributed by atoms with Crippen molar-refractivity contribution in [2.75, 3.05) is 0 Å². The molecule has 0 radical (unpaired) electrons. The highest BCUT2D eigenvalue weighted by molar-refractivity contribution is 6.30. The van der Waals surface area contributed by atoms with Crippen LogP contribution < -0.4 is 4.74 Å². The SMILES string of the molecule is O=C(CC12CC(c3cnn(C4CC(OC(F)(F)F)C4)c3)(C1)C2)[C@H]1C[C@@H](O)c2cc(Cl)ccc2O1. The van der Waals surface area contributed by atoms with Crippen LogP contribution in [0.1, 0.15) is 68.2 Å². The second-order valence-electron chi connectivity index (χ2n) is 10.5. The number of aromatic nitrogens is 2. The fraction of sp³-hybridized carbons (Fsp3) is 0.583.